The molecule has 1 unspecified atom stereocenters. The van der Waals surface area contributed by atoms with Crippen molar-refractivity contribution in [3.8, 4) is 0 Å². The number of thiocarbonyl (C=S) groups is 1. The molecule has 0 fully saturated rings. The lowest BCUT2D eigenvalue weighted by molar-refractivity contribution is -0.119. The molecular weight excluding hydrogens is 455 g/mol. The number of nitrogens with two attached hydrogens (primary N) is 2. The maximum absolute atomic E-state index is 14.0. The summed E-state index contributed by atoms with van der Waals surface area (Å²) in [7, 11) is 0. The highest BCUT2D eigenvalue weighted by Crippen LogP contribution is 2.24. The summed E-state index contributed by atoms with van der Waals surface area (Å²) in [5.41, 5.74) is 8.29. The number of hydrogen-bond acceptors (Lipinski definition) is 5. The van der Waals surface area contributed by atoms with E-state index in [0.29, 0.717) is 11.8 Å². The quantitative estimate of drug-likeness (QED) is 0.154. The van der Waals surface area contributed by atoms with Gasteiger partial charge >= 0.3 is 6.09 Å². The topological polar surface area (TPSA) is 120 Å². The Morgan fingerprint density at radius 1 is 1.07 bits per heavy atom. The van der Waals surface area contributed by atoms with E-state index < -0.39 is 69.9 Å². The third-order valence-corrected chi connectivity index (χ3v) is 3.88. The summed E-state index contributed by atoms with van der Waals surface area (Å²) < 4.78 is 72.9. The number of alkyl carbamates (subject to hydrolysis) is 1. The third kappa shape index (κ3) is 7.09. The van der Waals surface area contributed by atoms with Crippen LogP contribution in [0.25, 0.3) is 0 Å². The lowest BCUT2D eigenvalue weighted by Crippen LogP contribution is -2.45. The van der Waals surface area contributed by atoms with Crippen molar-refractivity contribution >= 4 is 45.5 Å². The molecule has 1 atom stereocenters. The summed E-state index contributed by atoms with van der Waals surface area (Å²) in [6.07, 6.45) is -2.35. The molecule has 166 valence electrons. The fourth-order valence-electron chi connectivity index (χ4n) is 2.00. The van der Waals surface area contributed by atoms with Crippen LogP contribution in [0.3, 0.4) is 0 Å². The Morgan fingerprint density at radius 3 is 1.97 bits per heavy atom. The van der Waals surface area contributed by atoms with E-state index in [1.54, 1.807) is 0 Å². The SMILES string of the molecule is CC(C)(C)OC(=O)NC(Cc1c(F)c(F)c(F)c(F)c1F)C(=O)N=C(N)SC(N)=S. The zero-order chi connectivity index (χ0) is 23.4. The first-order valence-electron chi connectivity index (χ1n) is 7.99. The monoisotopic (exact) mass is 472 g/mol. The molecule has 7 nitrogen and oxygen atoms in total. The number of thioether (sulfide) groups is 1. The summed E-state index contributed by atoms with van der Waals surface area (Å²) in [6, 6.07) is -1.89. The predicted octanol–water partition coefficient (Wildman–Crippen LogP) is 2.64. The lowest BCUT2D eigenvalue weighted by Gasteiger charge is -2.22. The van der Waals surface area contributed by atoms with Crippen LogP contribution in [0.15, 0.2) is 4.99 Å². The van der Waals surface area contributed by atoms with Gasteiger partial charge in [-0.1, -0.05) is 12.2 Å². The molecule has 0 radical (unpaired) electrons. The molecule has 0 aromatic heterocycles. The van der Waals surface area contributed by atoms with E-state index in [1.165, 1.54) is 20.8 Å². The van der Waals surface area contributed by atoms with Crippen LogP contribution in [-0.4, -0.2) is 33.1 Å². The summed E-state index contributed by atoms with van der Waals surface area (Å²) in [4.78, 5) is 27.7. The van der Waals surface area contributed by atoms with Crippen molar-refractivity contribution in [3.63, 3.8) is 0 Å². The second kappa shape index (κ2) is 10.0. The Labute approximate surface area is 177 Å². The number of benzene rings is 1. The Balaban J connectivity index is 3.33. The average Bonchev–Trinajstić information content (AvgIpc) is 2.58. The van der Waals surface area contributed by atoms with Gasteiger partial charge in [0.25, 0.3) is 5.91 Å². The Kier molecular flexibility index (Phi) is 8.53. The smallest absolute Gasteiger partial charge is 0.408 e. The Hall–Kier alpha value is -2.48. The minimum absolute atomic E-state index is 0.208. The summed E-state index contributed by atoms with van der Waals surface area (Å²) in [6.45, 7) is 4.47. The number of carbonyl (C=O) groups excluding carboxylic acids is 2. The van der Waals surface area contributed by atoms with Crippen LogP contribution in [0.5, 0.6) is 0 Å². The number of nitrogens with zero attached hydrogens (tertiary/aromatic N) is 1. The standard InChI is InChI=1S/C16H17F5N4O3S2/c1-16(2,3)28-15(27)24-6(12(26)25-13(22)30-14(23)29)4-5-7(17)9(19)11(21)10(20)8(5)18/h6H,4H2,1-3H3,(H2,23,29)(H,24,27)(H2,22,25,26). The number of aliphatic imine (C=N–C) groups is 1. The van der Waals surface area contributed by atoms with Crippen molar-refractivity contribution in [1.82, 2.24) is 5.32 Å². The van der Waals surface area contributed by atoms with E-state index in [4.69, 9.17) is 16.2 Å². The highest BCUT2D eigenvalue weighted by atomic mass is 32.2. The van der Waals surface area contributed by atoms with Crippen LogP contribution in [0.1, 0.15) is 26.3 Å². The highest BCUT2D eigenvalue weighted by Gasteiger charge is 2.31. The number of nitrogens with one attached hydrogen (secondary N) is 1. The second-order valence-electron chi connectivity index (χ2n) is 6.66. The number of halogens is 5. The maximum Gasteiger partial charge on any atom is 0.408 e. The van der Waals surface area contributed by atoms with Crippen molar-refractivity contribution < 1.29 is 36.3 Å². The first-order valence-corrected chi connectivity index (χ1v) is 9.21. The molecule has 0 aliphatic rings. The van der Waals surface area contributed by atoms with E-state index >= 15 is 0 Å². The van der Waals surface area contributed by atoms with Gasteiger partial charge in [0.15, 0.2) is 28.4 Å². The van der Waals surface area contributed by atoms with Crippen molar-refractivity contribution in [2.24, 2.45) is 16.5 Å². The van der Waals surface area contributed by atoms with E-state index in [-0.39, 0.29) is 4.32 Å². The first-order chi connectivity index (χ1) is 13.6. The predicted molar refractivity (Wildman–Crippen MR) is 104 cm³/mol. The molecule has 2 amide bonds. The summed E-state index contributed by atoms with van der Waals surface area (Å²) in [5.74, 6) is -12.4. The van der Waals surface area contributed by atoms with Gasteiger partial charge in [0.05, 0.1) is 0 Å². The molecular formula is C16H17F5N4O3S2. The second-order valence-corrected chi connectivity index (χ2v) is 8.42. The molecule has 0 aliphatic heterocycles. The molecule has 14 heteroatoms. The van der Waals surface area contributed by atoms with Crippen molar-refractivity contribution in [2.75, 3.05) is 0 Å². The number of amidine groups is 1. The number of hydrogen-bond donors (Lipinski definition) is 3. The van der Waals surface area contributed by atoms with E-state index in [9.17, 15) is 31.5 Å². The molecule has 1 rings (SSSR count). The molecule has 5 N–H and O–H groups in total. The number of ether oxygens (including phenoxy) is 1. The lowest BCUT2D eigenvalue weighted by atomic mass is 10.0. The molecule has 0 spiro atoms. The Morgan fingerprint density at radius 2 is 1.53 bits per heavy atom. The molecule has 0 heterocycles. The highest BCUT2D eigenvalue weighted by molar-refractivity contribution is 8.32. The summed E-state index contributed by atoms with van der Waals surface area (Å²) in [5, 5.41) is 1.50. The van der Waals surface area contributed by atoms with Gasteiger partial charge in [0, 0.05) is 12.0 Å². The minimum atomic E-state index is -2.37. The van der Waals surface area contributed by atoms with Gasteiger partial charge < -0.3 is 21.5 Å². The van der Waals surface area contributed by atoms with Gasteiger partial charge in [-0.25, -0.2) is 26.7 Å². The molecule has 30 heavy (non-hydrogen) atoms. The van der Waals surface area contributed by atoms with Gasteiger partial charge in [-0.05, 0) is 32.5 Å². The fraction of sp³-hybridized carbons (Fsp3) is 0.375. The van der Waals surface area contributed by atoms with Gasteiger partial charge in [0.1, 0.15) is 16.0 Å². The van der Waals surface area contributed by atoms with Crippen LogP contribution < -0.4 is 16.8 Å². The minimum Gasteiger partial charge on any atom is -0.444 e. The number of carbonyl (C=O) groups is 2. The summed E-state index contributed by atoms with van der Waals surface area (Å²) >= 11 is 5.06. The molecule has 1 aromatic rings. The normalized spacial score (nSPS) is 13.0. The maximum atomic E-state index is 14.0. The van der Waals surface area contributed by atoms with Gasteiger partial charge in [-0.3, -0.25) is 4.79 Å². The zero-order valence-electron chi connectivity index (χ0n) is 15.8. The van der Waals surface area contributed by atoms with Crippen LogP contribution in [-0.2, 0) is 16.0 Å². The first kappa shape index (κ1) is 25.6. The molecule has 0 saturated heterocycles. The van der Waals surface area contributed by atoms with Crippen LogP contribution >= 0.6 is 24.0 Å². The van der Waals surface area contributed by atoms with Crippen LogP contribution in [0.4, 0.5) is 26.7 Å². The zero-order valence-corrected chi connectivity index (χ0v) is 17.5. The number of rotatable bonds is 4. The van der Waals surface area contributed by atoms with Crippen molar-refractivity contribution in [1.29, 1.82) is 0 Å². The molecule has 1 aromatic carbocycles. The van der Waals surface area contributed by atoms with E-state index in [0.717, 1.165) is 0 Å². The van der Waals surface area contributed by atoms with E-state index in [2.05, 4.69) is 17.2 Å². The van der Waals surface area contributed by atoms with Gasteiger partial charge in [0.2, 0.25) is 5.82 Å². The third-order valence-electron chi connectivity index (χ3n) is 3.12. The fourth-order valence-corrected chi connectivity index (χ4v) is 2.59. The van der Waals surface area contributed by atoms with Crippen LogP contribution in [0, 0.1) is 29.1 Å². The van der Waals surface area contributed by atoms with Gasteiger partial charge in [-0.2, -0.15) is 4.99 Å². The largest absolute Gasteiger partial charge is 0.444 e. The molecule has 0 saturated carbocycles. The molecule has 0 aliphatic carbocycles. The average molecular weight is 472 g/mol. The van der Waals surface area contributed by atoms with E-state index in [1.807, 2.05) is 5.32 Å². The van der Waals surface area contributed by atoms with Crippen molar-refractivity contribution in [3.05, 3.63) is 34.6 Å². The number of amides is 2. The van der Waals surface area contributed by atoms with Gasteiger partial charge in [-0.15, -0.1) is 0 Å². The van der Waals surface area contributed by atoms with Crippen molar-refractivity contribution in [2.45, 2.75) is 38.8 Å². The van der Waals surface area contributed by atoms with Crippen LogP contribution in [0.2, 0.25) is 0 Å². The Bertz CT molecular complexity index is 877. The molecule has 0 bridgehead atoms.